The molecular weight excluding hydrogens is 320 g/mol. The minimum absolute atomic E-state index is 0.253. The third-order valence-corrected chi connectivity index (χ3v) is 4.18. The lowest BCUT2D eigenvalue weighted by Crippen LogP contribution is -2.01. The van der Waals surface area contributed by atoms with Crippen molar-refractivity contribution >= 4 is 34.2 Å². The molecule has 0 aliphatic carbocycles. The van der Waals surface area contributed by atoms with Gasteiger partial charge in [-0.1, -0.05) is 30.7 Å². The quantitative estimate of drug-likeness (QED) is 0.628. The second-order valence-corrected chi connectivity index (χ2v) is 6.06. The van der Waals surface area contributed by atoms with Gasteiger partial charge in [-0.25, -0.2) is 4.79 Å². The molecule has 0 amide bonds. The first-order valence-electron chi connectivity index (χ1n) is 6.52. The van der Waals surface area contributed by atoms with Gasteiger partial charge in [0.25, 0.3) is 0 Å². The lowest BCUT2D eigenvalue weighted by Gasteiger charge is -2.05. The molecule has 0 atom stereocenters. The summed E-state index contributed by atoms with van der Waals surface area (Å²) in [7, 11) is 0. The minimum Gasteiger partial charge on any atom is -0.477 e. The first-order valence-corrected chi connectivity index (χ1v) is 7.89. The van der Waals surface area contributed by atoms with Crippen molar-refractivity contribution in [2.24, 2.45) is 0 Å². The number of nitrogens with zero attached hydrogens (tertiary/aromatic N) is 1. The van der Waals surface area contributed by atoms with E-state index in [2.05, 4.69) is 4.98 Å². The van der Waals surface area contributed by atoms with E-state index >= 15 is 0 Å². The normalized spacial score (nSPS) is 11.7. The van der Waals surface area contributed by atoms with Crippen molar-refractivity contribution in [2.75, 3.05) is 5.75 Å². The lowest BCUT2D eigenvalue weighted by molar-refractivity contribution is -0.132. The number of carboxylic acids is 1. The summed E-state index contributed by atoms with van der Waals surface area (Å²) in [5.74, 6) is -0.551. The highest BCUT2D eigenvalue weighted by molar-refractivity contribution is 8.08. The van der Waals surface area contributed by atoms with Crippen LogP contribution in [0, 0.1) is 11.3 Å². The first kappa shape index (κ1) is 16.2. The molecule has 6 heteroatoms. The fourth-order valence-corrected chi connectivity index (χ4v) is 2.92. The molecule has 1 aromatic heterocycles. The zero-order chi connectivity index (χ0) is 16.1. The van der Waals surface area contributed by atoms with Crippen molar-refractivity contribution in [1.29, 1.82) is 5.26 Å². The SMILES string of the molecule is CCS/C(=C(/C#N)C(=O)O)c1ccc(-c2ccc(Cl)cc2)[nH]1. The van der Waals surface area contributed by atoms with Gasteiger partial charge in [0.2, 0.25) is 0 Å². The third kappa shape index (κ3) is 3.53. The van der Waals surface area contributed by atoms with Gasteiger partial charge in [-0.15, -0.1) is 11.8 Å². The molecule has 2 rings (SSSR count). The van der Waals surface area contributed by atoms with Gasteiger partial charge in [-0.3, -0.25) is 0 Å². The summed E-state index contributed by atoms with van der Waals surface area (Å²) in [5, 5.41) is 18.9. The van der Waals surface area contributed by atoms with Crippen LogP contribution in [-0.4, -0.2) is 21.8 Å². The Kier molecular flexibility index (Phi) is 5.31. The number of hydrogen-bond donors (Lipinski definition) is 2. The van der Waals surface area contributed by atoms with Gasteiger partial charge in [0.05, 0.1) is 10.6 Å². The molecule has 0 bridgehead atoms. The zero-order valence-corrected chi connectivity index (χ0v) is 13.3. The van der Waals surface area contributed by atoms with Crippen LogP contribution in [0.5, 0.6) is 0 Å². The van der Waals surface area contributed by atoms with E-state index in [-0.39, 0.29) is 5.57 Å². The van der Waals surface area contributed by atoms with Crippen LogP contribution in [0.3, 0.4) is 0 Å². The number of aromatic amines is 1. The molecule has 112 valence electrons. The molecular formula is C16H13ClN2O2S. The van der Waals surface area contributed by atoms with Gasteiger partial charge in [0.15, 0.2) is 5.57 Å². The largest absolute Gasteiger partial charge is 0.477 e. The summed E-state index contributed by atoms with van der Waals surface area (Å²) < 4.78 is 0. The highest BCUT2D eigenvalue weighted by Crippen LogP contribution is 2.32. The highest BCUT2D eigenvalue weighted by atomic mass is 35.5. The number of thioether (sulfide) groups is 1. The van der Waals surface area contributed by atoms with E-state index in [4.69, 9.17) is 22.0 Å². The predicted molar refractivity (Wildman–Crippen MR) is 89.5 cm³/mol. The molecule has 22 heavy (non-hydrogen) atoms. The summed E-state index contributed by atoms with van der Waals surface area (Å²) in [6, 6.07) is 12.7. The van der Waals surface area contributed by atoms with E-state index in [1.165, 1.54) is 11.8 Å². The molecule has 0 aliphatic heterocycles. The number of rotatable bonds is 5. The maximum Gasteiger partial charge on any atom is 0.347 e. The van der Waals surface area contributed by atoms with E-state index < -0.39 is 5.97 Å². The Labute approximate surface area is 137 Å². The van der Waals surface area contributed by atoms with Gasteiger partial charge in [0, 0.05) is 10.7 Å². The van der Waals surface area contributed by atoms with Crippen molar-refractivity contribution in [1.82, 2.24) is 4.98 Å². The van der Waals surface area contributed by atoms with Crippen molar-refractivity contribution < 1.29 is 9.90 Å². The van der Waals surface area contributed by atoms with E-state index in [1.54, 1.807) is 24.3 Å². The highest BCUT2D eigenvalue weighted by Gasteiger charge is 2.17. The topological polar surface area (TPSA) is 76.9 Å². The van der Waals surface area contributed by atoms with Crippen LogP contribution in [0.2, 0.25) is 5.02 Å². The number of nitrogens with one attached hydrogen (secondary N) is 1. The molecule has 2 N–H and O–H groups in total. The van der Waals surface area contributed by atoms with E-state index in [9.17, 15) is 4.79 Å². The van der Waals surface area contributed by atoms with Crippen LogP contribution in [0.1, 0.15) is 12.6 Å². The molecule has 1 aromatic carbocycles. The first-order chi connectivity index (χ1) is 10.6. The molecule has 1 heterocycles. The van der Waals surface area contributed by atoms with Crippen LogP contribution in [0.4, 0.5) is 0 Å². The average Bonchev–Trinajstić information content (AvgIpc) is 2.97. The van der Waals surface area contributed by atoms with Gasteiger partial charge >= 0.3 is 5.97 Å². The van der Waals surface area contributed by atoms with Crippen molar-refractivity contribution in [2.45, 2.75) is 6.92 Å². The Morgan fingerprint density at radius 3 is 2.55 bits per heavy atom. The van der Waals surface area contributed by atoms with Crippen molar-refractivity contribution in [3.05, 3.63) is 52.7 Å². The van der Waals surface area contributed by atoms with Crippen molar-refractivity contribution in [3.63, 3.8) is 0 Å². The molecule has 0 spiro atoms. The Morgan fingerprint density at radius 2 is 2.00 bits per heavy atom. The molecule has 0 aliphatic rings. The van der Waals surface area contributed by atoms with Crippen LogP contribution in [-0.2, 0) is 4.79 Å². The van der Waals surface area contributed by atoms with E-state index in [0.717, 1.165) is 11.3 Å². The zero-order valence-electron chi connectivity index (χ0n) is 11.8. The number of aliphatic carboxylic acids is 1. The number of carboxylic acid groups (broad SMARTS) is 1. The maximum atomic E-state index is 11.2. The Hall–Kier alpha value is -2.16. The van der Waals surface area contributed by atoms with E-state index in [1.807, 2.05) is 25.1 Å². The number of aromatic nitrogens is 1. The van der Waals surface area contributed by atoms with E-state index in [0.29, 0.717) is 21.4 Å². The molecule has 0 fully saturated rings. The number of benzene rings is 1. The third-order valence-electron chi connectivity index (χ3n) is 2.93. The number of H-pyrrole nitrogens is 1. The van der Waals surface area contributed by atoms with Gasteiger partial charge in [-0.2, -0.15) is 5.26 Å². The molecule has 0 unspecified atom stereocenters. The van der Waals surface area contributed by atoms with Gasteiger partial charge < -0.3 is 10.1 Å². The number of nitriles is 1. The summed E-state index contributed by atoms with van der Waals surface area (Å²) in [4.78, 5) is 14.8. The average molecular weight is 333 g/mol. The fourth-order valence-electron chi connectivity index (χ4n) is 1.95. The summed E-state index contributed by atoms with van der Waals surface area (Å²) in [6.07, 6.45) is 0. The lowest BCUT2D eigenvalue weighted by atomic mass is 10.2. The minimum atomic E-state index is -1.22. The summed E-state index contributed by atoms with van der Waals surface area (Å²) in [6.45, 7) is 1.91. The van der Waals surface area contributed by atoms with Crippen molar-refractivity contribution in [3.8, 4) is 17.3 Å². The van der Waals surface area contributed by atoms with Crippen LogP contribution in [0.25, 0.3) is 16.2 Å². The monoisotopic (exact) mass is 332 g/mol. The van der Waals surface area contributed by atoms with Crippen LogP contribution in [0.15, 0.2) is 42.0 Å². The summed E-state index contributed by atoms with van der Waals surface area (Å²) in [5.41, 5.74) is 2.14. The van der Waals surface area contributed by atoms with Crippen LogP contribution >= 0.6 is 23.4 Å². The Balaban J connectivity index is 2.46. The number of carbonyl (C=O) groups is 1. The number of hydrogen-bond acceptors (Lipinski definition) is 3. The fraction of sp³-hybridized carbons (Fsp3) is 0.125. The second kappa shape index (κ2) is 7.21. The summed E-state index contributed by atoms with van der Waals surface area (Å²) >= 11 is 7.19. The Morgan fingerprint density at radius 1 is 1.32 bits per heavy atom. The Bertz CT molecular complexity index is 757. The second-order valence-electron chi connectivity index (χ2n) is 4.35. The predicted octanol–water partition coefficient (Wildman–Crippen LogP) is 4.41. The van der Waals surface area contributed by atoms with Gasteiger partial charge in [0.1, 0.15) is 6.07 Å². The molecule has 2 aromatic rings. The molecule has 0 saturated carbocycles. The number of halogens is 1. The van der Waals surface area contributed by atoms with Gasteiger partial charge in [-0.05, 0) is 35.6 Å². The standard InChI is InChI=1S/C16H13ClN2O2S/c1-2-22-15(12(9-18)16(20)21)14-8-7-13(19-14)10-3-5-11(17)6-4-10/h3-8,19H,2H2,1H3,(H,20,21)/b15-12-. The smallest absolute Gasteiger partial charge is 0.347 e. The molecule has 4 nitrogen and oxygen atoms in total. The molecule has 0 saturated heterocycles. The molecule has 0 radical (unpaired) electrons. The maximum absolute atomic E-state index is 11.2. The van der Waals surface area contributed by atoms with Crippen LogP contribution < -0.4 is 0 Å².